The quantitative estimate of drug-likeness (QED) is 0.447. The molecule has 0 spiro atoms. The van der Waals surface area contributed by atoms with Gasteiger partial charge in [-0.1, -0.05) is 70.4 Å². The minimum absolute atomic E-state index is 0.204. The smallest absolute Gasteiger partial charge is 0.119 e. The first kappa shape index (κ1) is 17.9. The van der Waals surface area contributed by atoms with Crippen LogP contribution in [0.25, 0.3) is 0 Å². The fourth-order valence-electron chi connectivity index (χ4n) is 2.83. The van der Waals surface area contributed by atoms with Crippen molar-refractivity contribution in [3.05, 3.63) is 59.7 Å². The Labute approximate surface area is 145 Å². The Morgan fingerprint density at radius 1 is 0.957 bits per heavy atom. The first-order valence-electron chi connectivity index (χ1n) is 8.57. The highest BCUT2D eigenvalue weighted by Crippen LogP contribution is 2.38. The lowest BCUT2D eigenvalue weighted by atomic mass is 9.78. The van der Waals surface area contributed by atoms with Gasteiger partial charge in [0.15, 0.2) is 0 Å². The predicted molar refractivity (Wildman–Crippen MR) is 102 cm³/mol. The van der Waals surface area contributed by atoms with E-state index in [1.807, 2.05) is 30.0 Å². The van der Waals surface area contributed by atoms with Gasteiger partial charge in [-0.2, -0.15) is 0 Å². The van der Waals surface area contributed by atoms with Crippen LogP contribution in [0.4, 0.5) is 0 Å². The van der Waals surface area contributed by atoms with Crippen molar-refractivity contribution in [3.8, 4) is 5.75 Å². The van der Waals surface area contributed by atoms with Crippen LogP contribution in [0.5, 0.6) is 5.75 Å². The molecule has 0 saturated carbocycles. The van der Waals surface area contributed by atoms with Crippen molar-refractivity contribution in [1.29, 1.82) is 0 Å². The van der Waals surface area contributed by atoms with Gasteiger partial charge in [-0.25, -0.2) is 0 Å². The van der Waals surface area contributed by atoms with Crippen LogP contribution >= 0.6 is 11.8 Å². The van der Waals surface area contributed by atoms with E-state index in [4.69, 9.17) is 0 Å². The molecule has 0 aliphatic rings. The van der Waals surface area contributed by atoms with Crippen LogP contribution in [0.15, 0.2) is 53.4 Å². The zero-order chi connectivity index (χ0) is 16.7. The van der Waals surface area contributed by atoms with Crippen LogP contribution < -0.4 is 0 Å². The minimum atomic E-state index is -0.204. The number of unbranched alkanes of at least 4 members (excludes halogenated alkanes) is 3. The fourth-order valence-corrected chi connectivity index (χ4v) is 3.78. The number of thioether (sulfide) groups is 1. The van der Waals surface area contributed by atoms with Crippen molar-refractivity contribution in [2.75, 3.05) is 5.75 Å². The Morgan fingerprint density at radius 2 is 1.70 bits per heavy atom. The molecule has 0 atom stereocenters. The number of phenols is 1. The summed E-state index contributed by atoms with van der Waals surface area (Å²) in [5.41, 5.74) is 2.02. The topological polar surface area (TPSA) is 20.2 Å². The fraction of sp³-hybridized carbons (Fsp3) is 0.429. The summed E-state index contributed by atoms with van der Waals surface area (Å²) in [7, 11) is 0. The Hall–Kier alpha value is -1.41. The lowest BCUT2D eigenvalue weighted by Crippen LogP contribution is -2.19. The van der Waals surface area contributed by atoms with Gasteiger partial charge < -0.3 is 5.11 Å². The third-order valence-electron chi connectivity index (χ3n) is 4.40. The summed E-state index contributed by atoms with van der Waals surface area (Å²) in [5.74, 6) is 1.53. The second kappa shape index (κ2) is 8.44. The van der Waals surface area contributed by atoms with Crippen LogP contribution in [0.2, 0.25) is 0 Å². The molecule has 0 amide bonds. The van der Waals surface area contributed by atoms with Gasteiger partial charge in [0, 0.05) is 15.9 Å². The van der Waals surface area contributed by atoms with Crippen LogP contribution in [0.1, 0.15) is 57.6 Å². The largest absolute Gasteiger partial charge is 0.508 e. The Bertz CT molecular complexity index is 604. The van der Waals surface area contributed by atoms with Crippen molar-refractivity contribution in [2.24, 2.45) is 0 Å². The van der Waals surface area contributed by atoms with E-state index < -0.39 is 0 Å². The summed E-state index contributed by atoms with van der Waals surface area (Å²) in [6.07, 6.45) is 5.17. The van der Waals surface area contributed by atoms with E-state index in [0.29, 0.717) is 5.75 Å². The van der Waals surface area contributed by atoms with E-state index in [1.54, 1.807) is 0 Å². The van der Waals surface area contributed by atoms with Crippen LogP contribution in [0, 0.1) is 0 Å². The second-order valence-corrected chi connectivity index (χ2v) is 7.75. The number of hydrogen-bond acceptors (Lipinski definition) is 2. The molecular formula is C21H28OS. The number of benzene rings is 2. The summed E-state index contributed by atoms with van der Waals surface area (Å²) in [4.78, 5) is 1.25. The molecule has 0 aromatic heterocycles. The average Bonchev–Trinajstić information content (AvgIpc) is 2.56. The highest BCUT2D eigenvalue weighted by molar-refractivity contribution is 7.99. The molecule has 2 rings (SSSR count). The molecule has 0 radical (unpaired) electrons. The number of rotatable bonds is 8. The summed E-state index contributed by atoms with van der Waals surface area (Å²) in [5, 5.41) is 10.4. The van der Waals surface area contributed by atoms with E-state index in [2.05, 4.69) is 51.1 Å². The van der Waals surface area contributed by atoms with E-state index in [1.165, 1.54) is 36.1 Å². The highest BCUT2D eigenvalue weighted by atomic mass is 32.2. The van der Waals surface area contributed by atoms with E-state index in [-0.39, 0.29) is 5.41 Å². The third-order valence-corrected chi connectivity index (χ3v) is 5.48. The monoisotopic (exact) mass is 328 g/mol. The third kappa shape index (κ3) is 4.78. The molecule has 124 valence electrons. The molecular weight excluding hydrogens is 300 g/mol. The van der Waals surface area contributed by atoms with Gasteiger partial charge in [0.1, 0.15) is 5.75 Å². The molecule has 0 fully saturated rings. The maximum Gasteiger partial charge on any atom is 0.119 e. The van der Waals surface area contributed by atoms with Gasteiger partial charge in [-0.05, 0) is 35.9 Å². The van der Waals surface area contributed by atoms with E-state index >= 15 is 0 Å². The van der Waals surface area contributed by atoms with Crippen molar-refractivity contribution in [1.82, 2.24) is 0 Å². The molecule has 2 aromatic carbocycles. The zero-order valence-corrected chi connectivity index (χ0v) is 15.3. The predicted octanol–water partition coefficient (Wildman–Crippen LogP) is 6.39. The molecule has 0 heterocycles. The molecule has 0 saturated heterocycles. The van der Waals surface area contributed by atoms with E-state index in [0.717, 1.165) is 11.3 Å². The zero-order valence-electron chi connectivity index (χ0n) is 14.5. The molecule has 0 unspecified atom stereocenters. The first-order chi connectivity index (χ1) is 11.1. The highest BCUT2D eigenvalue weighted by Gasteiger charge is 2.26. The number of hydrogen-bond donors (Lipinski definition) is 1. The maximum absolute atomic E-state index is 10.4. The SMILES string of the molecule is CCCCCCSc1ccc(O)c(C(C)(C)c2ccccc2)c1. The molecule has 1 nitrogen and oxygen atoms in total. The number of phenolic OH excluding ortho intramolecular Hbond substituents is 1. The Kier molecular flexibility index (Phi) is 6.59. The van der Waals surface area contributed by atoms with Crippen molar-refractivity contribution in [3.63, 3.8) is 0 Å². The first-order valence-corrected chi connectivity index (χ1v) is 9.56. The van der Waals surface area contributed by atoms with E-state index in [9.17, 15) is 5.11 Å². The average molecular weight is 329 g/mol. The molecule has 0 bridgehead atoms. The molecule has 0 aliphatic heterocycles. The molecule has 0 aliphatic carbocycles. The molecule has 2 aromatic rings. The van der Waals surface area contributed by atoms with Gasteiger partial charge in [-0.3, -0.25) is 0 Å². The van der Waals surface area contributed by atoms with Crippen molar-refractivity contribution in [2.45, 2.75) is 56.8 Å². The summed E-state index contributed by atoms with van der Waals surface area (Å²) in [6.45, 7) is 6.59. The van der Waals surface area contributed by atoms with Crippen LogP contribution in [-0.4, -0.2) is 10.9 Å². The lowest BCUT2D eigenvalue weighted by Gasteiger charge is -2.27. The van der Waals surface area contributed by atoms with Gasteiger partial charge >= 0.3 is 0 Å². The van der Waals surface area contributed by atoms with Crippen molar-refractivity contribution >= 4 is 11.8 Å². The molecule has 2 heteroatoms. The normalized spacial score (nSPS) is 11.6. The summed E-state index contributed by atoms with van der Waals surface area (Å²) in [6, 6.07) is 16.4. The van der Waals surface area contributed by atoms with Crippen LogP contribution in [0.3, 0.4) is 0 Å². The lowest BCUT2D eigenvalue weighted by molar-refractivity contribution is 0.452. The van der Waals surface area contributed by atoms with Gasteiger partial charge in [0.2, 0.25) is 0 Å². The van der Waals surface area contributed by atoms with Gasteiger partial charge in [-0.15, -0.1) is 11.8 Å². The summed E-state index contributed by atoms with van der Waals surface area (Å²) < 4.78 is 0. The van der Waals surface area contributed by atoms with Gasteiger partial charge in [0.25, 0.3) is 0 Å². The number of aromatic hydroxyl groups is 1. The molecule has 1 N–H and O–H groups in total. The van der Waals surface area contributed by atoms with Gasteiger partial charge in [0.05, 0.1) is 0 Å². The van der Waals surface area contributed by atoms with Crippen LogP contribution in [-0.2, 0) is 5.41 Å². The second-order valence-electron chi connectivity index (χ2n) is 6.58. The molecule has 23 heavy (non-hydrogen) atoms. The standard InChI is InChI=1S/C21H28OS/c1-4-5-6-10-15-23-18-13-14-20(22)19(16-18)21(2,3)17-11-8-7-9-12-17/h7-9,11-14,16,22H,4-6,10,15H2,1-3H3. The Balaban J connectivity index is 2.14. The minimum Gasteiger partial charge on any atom is -0.508 e. The summed E-state index contributed by atoms with van der Waals surface area (Å²) >= 11 is 1.89. The Morgan fingerprint density at radius 3 is 2.39 bits per heavy atom. The van der Waals surface area contributed by atoms with Crippen molar-refractivity contribution < 1.29 is 5.11 Å². The maximum atomic E-state index is 10.4.